The Morgan fingerprint density at radius 1 is 1.04 bits per heavy atom. The van der Waals surface area contributed by atoms with Crippen LogP contribution in [0.5, 0.6) is 0 Å². The molecule has 28 heavy (non-hydrogen) atoms. The third kappa shape index (κ3) is 3.54. The highest BCUT2D eigenvalue weighted by molar-refractivity contribution is 6.09. The zero-order valence-corrected chi connectivity index (χ0v) is 14.9. The average Bonchev–Trinajstić information content (AvgIpc) is 2.91. The number of amides is 5. The second-order valence-electron chi connectivity index (χ2n) is 6.29. The summed E-state index contributed by atoms with van der Waals surface area (Å²) in [7, 11) is 0. The third-order valence-electron chi connectivity index (χ3n) is 4.36. The molecule has 0 unspecified atom stereocenters. The Morgan fingerprint density at radius 3 is 2.36 bits per heavy atom. The second kappa shape index (κ2) is 7.47. The first kappa shape index (κ1) is 19.0. The number of carbonyl (C=O) groups is 4. The number of benzene rings is 2. The highest BCUT2D eigenvalue weighted by Gasteiger charge is 2.49. The number of hydrogen-bond donors (Lipinski definition) is 3. The molecule has 1 fully saturated rings. The number of nitrogens with one attached hydrogen (secondary N) is 3. The normalized spacial score (nSPS) is 18.6. The van der Waals surface area contributed by atoms with Crippen LogP contribution in [0, 0.1) is 5.82 Å². The number of hydrazine groups is 1. The molecule has 3 N–H and O–H groups in total. The van der Waals surface area contributed by atoms with Crippen LogP contribution in [-0.4, -0.2) is 35.2 Å². The molecule has 9 heteroatoms. The van der Waals surface area contributed by atoms with Crippen LogP contribution in [0.2, 0.25) is 0 Å². The molecular formula is C19H17FN4O4. The van der Waals surface area contributed by atoms with Gasteiger partial charge in [-0.25, -0.2) is 9.18 Å². The van der Waals surface area contributed by atoms with Crippen LogP contribution in [-0.2, 0) is 15.1 Å². The summed E-state index contributed by atoms with van der Waals surface area (Å²) < 4.78 is 13.6. The molecule has 1 heterocycles. The Balaban J connectivity index is 1.63. The number of nitrogens with zero attached hydrogens (tertiary/aromatic N) is 1. The number of imide groups is 1. The van der Waals surface area contributed by atoms with E-state index in [0.717, 1.165) is 11.0 Å². The van der Waals surface area contributed by atoms with E-state index in [4.69, 9.17) is 0 Å². The van der Waals surface area contributed by atoms with Crippen LogP contribution in [0.4, 0.5) is 9.18 Å². The van der Waals surface area contributed by atoms with Crippen molar-refractivity contribution in [2.75, 3.05) is 6.54 Å². The molecule has 5 amide bonds. The highest BCUT2D eigenvalue weighted by atomic mass is 19.1. The Hall–Kier alpha value is -3.75. The van der Waals surface area contributed by atoms with Crippen molar-refractivity contribution in [3.8, 4) is 0 Å². The molecule has 0 aromatic heterocycles. The van der Waals surface area contributed by atoms with Crippen molar-refractivity contribution in [3.63, 3.8) is 0 Å². The fraction of sp³-hybridized carbons (Fsp3) is 0.158. The van der Waals surface area contributed by atoms with Gasteiger partial charge in [-0.15, -0.1) is 0 Å². The summed E-state index contributed by atoms with van der Waals surface area (Å²) in [5.74, 6) is -3.02. The van der Waals surface area contributed by atoms with Crippen LogP contribution in [0.3, 0.4) is 0 Å². The molecule has 1 aliphatic heterocycles. The van der Waals surface area contributed by atoms with Gasteiger partial charge in [-0.1, -0.05) is 42.5 Å². The van der Waals surface area contributed by atoms with Crippen LogP contribution in [0.25, 0.3) is 0 Å². The highest BCUT2D eigenvalue weighted by Crippen LogP contribution is 2.28. The van der Waals surface area contributed by atoms with E-state index in [1.165, 1.54) is 18.2 Å². The summed E-state index contributed by atoms with van der Waals surface area (Å²) in [4.78, 5) is 49.6. The van der Waals surface area contributed by atoms with Crippen molar-refractivity contribution >= 4 is 23.8 Å². The summed E-state index contributed by atoms with van der Waals surface area (Å²) in [5, 5.41) is 2.57. The van der Waals surface area contributed by atoms with Crippen molar-refractivity contribution in [2.45, 2.75) is 12.5 Å². The lowest BCUT2D eigenvalue weighted by Gasteiger charge is -2.22. The summed E-state index contributed by atoms with van der Waals surface area (Å²) in [5.41, 5.74) is 3.13. The van der Waals surface area contributed by atoms with Gasteiger partial charge in [0.05, 0.1) is 5.56 Å². The quantitative estimate of drug-likeness (QED) is 0.541. The predicted octanol–water partition coefficient (Wildman–Crippen LogP) is 1.05. The first-order valence-electron chi connectivity index (χ1n) is 8.36. The largest absolute Gasteiger partial charge is 0.325 e. The van der Waals surface area contributed by atoms with Gasteiger partial charge in [0.25, 0.3) is 17.7 Å². The molecule has 0 saturated carbocycles. The van der Waals surface area contributed by atoms with Crippen molar-refractivity contribution < 1.29 is 23.6 Å². The van der Waals surface area contributed by atoms with E-state index in [2.05, 4.69) is 10.7 Å². The standard InChI is InChI=1S/C19H17FN4O4/c1-19(12-7-3-2-4-8-12)17(27)24(18(28)21-19)11-15(25)22-23-16(26)13-9-5-6-10-14(13)20/h2-10H,11H2,1H3,(H,21,28)(H,22,25)(H,23,26)/t19-/m0/s1. The molecule has 0 spiro atoms. The van der Waals surface area contributed by atoms with Gasteiger partial charge in [0.1, 0.15) is 17.9 Å². The van der Waals surface area contributed by atoms with E-state index in [1.54, 1.807) is 37.3 Å². The van der Waals surface area contributed by atoms with Gasteiger partial charge in [-0.3, -0.25) is 30.1 Å². The molecule has 2 aromatic carbocycles. The van der Waals surface area contributed by atoms with Crippen LogP contribution in [0.15, 0.2) is 54.6 Å². The fourth-order valence-electron chi connectivity index (χ4n) is 2.83. The Labute approximate surface area is 159 Å². The lowest BCUT2D eigenvalue weighted by Crippen LogP contribution is -2.48. The molecule has 0 radical (unpaired) electrons. The number of rotatable bonds is 4. The van der Waals surface area contributed by atoms with E-state index in [1.807, 2.05) is 5.43 Å². The maximum atomic E-state index is 13.6. The minimum absolute atomic E-state index is 0.255. The number of hydrogen-bond acceptors (Lipinski definition) is 4. The maximum absolute atomic E-state index is 13.6. The van der Waals surface area contributed by atoms with Gasteiger partial charge in [-0.2, -0.15) is 0 Å². The van der Waals surface area contributed by atoms with E-state index in [9.17, 15) is 23.6 Å². The molecule has 0 bridgehead atoms. The third-order valence-corrected chi connectivity index (χ3v) is 4.36. The summed E-state index contributed by atoms with van der Waals surface area (Å²) in [6, 6.07) is 13.1. The van der Waals surface area contributed by atoms with Crippen molar-refractivity contribution in [2.24, 2.45) is 0 Å². The van der Waals surface area contributed by atoms with E-state index in [-0.39, 0.29) is 5.56 Å². The number of urea groups is 1. The lowest BCUT2D eigenvalue weighted by molar-refractivity contribution is -0.135. The SMILES string of the molecule is C[C@@]1(c2ccccc2)NC(=O)N(CC(=O)NNC(=O)c2ccccc2F)C1=O. The van der Waals surface area contributed by atoms with E-state index >= 15 is 0 Å². The molecule has 144 valence electrons. The van der Waals surface area contributed by atoms with Crippen LogP contribution in [0.1, 0.15) is 22.8 Å². The van der Waals surface area contributed by atoms with Gasteiger partial charge in [0, 0.05) is 0 Å². The van der Waals surface area contributed by atoms with Crippen LogP contribution < -0.4 is 16.2 Å². The van der Waals surface area contributed by atoms with Crippen molar-refractivity contribution in [3.05, 3.63) is 71.5 Å². The molecule has 1 aliphatic rings. The van der Waals surface area contributed by atoms with Crippen LogP contribution >= 0.6 is 0 Å². The predicted molar refractivity (Wildman–Crippen MR) is 96.0 cm³/mol. The van der Waals surface area contributed by atoms with Crippen molar-refractivity contribution in [1.29, 1.82) is 0 Å². The lowest BCUT2D eigenvalue weighted by atomic mass is 9.92. The van der Waals surface area contributed by atoms with Gasteiger partial charge in [-0.05, 0) is 24.6 Å². The molecular weight excluding hydrogens is 367 g/mol. The average molecular weight is 384 g/mol. The topological polar surface area (TPSA) is 108 Å². The van der Waals surface area contributed by atoms with E-state index in [0.29, 0.717) is 5.56 Å². The van der Waals surface area contributed by atoms with Gasteiger partial charge in [0.15, 0.2) is 0 Å². The number of halogens is 1. The summed E-state index contributed by atoms with van der Waals surface area (Å²) in [6.07, 6.45) is 0. The van der Waals surface area contributed by atoms with Crippen molar-refractivity contribution in [1.82, 2.24) is 21.1 Å². The number of carbonyl (C=O) groups excluding carboxylic acids is 4. The van der Waals surface area contributed by atoms with E-state index < -0.39 is 41.7 Å². The molecule has 1 atom stereocenters. The fourth-order valence-corrected chi connectivity index (χ4v) is 2.83. The molecule has 3 rings (SSSR count). The molecule has 8 nitrogen and oxygen atoms in total. The zero-order chi connectivity index (χ0) is 20.3. The molecule has 0 aliphatic carbocycles. The van der Waals surface area contributed by atoms with Gasteiger partial charge < -0.3 is 5.32 Å². The molecule has 1 saturated heterocycles. The molecule has 2 aromatic rings. The maximum Gasteiger partial charge on any atom is 0.325 e. The monoisotopic (exact) mass is 384 g/mol. The second-order valence-corrected chi connectivity index (χ2v) is 6.29. The zero-order valence-electron chi connectivity index (χ0n) is 14.9. The van der Waals surface area contributed by atoms with Gasteiger partial charge >= 0.3 is 6.03 Å². The Kier molecular flexibility index (Phi) is 5.08. The minimum Gasteiger partial charge on any atom is -0.319 e. The Bertz CT molecular complexity index is 950. The Morgan fingerprint density at radius 2 is 1.68 bits per heavy atom. The smallest absolute Gasteiger partial charge is 0.319 e. The summed E-state index contributed by atoms with van der Waals surface area (Å²) in [6.45, 7) is 0.936. The first-order valence-corrected chi connectivity index (χ1v) is 8.36. The summed E-state index contributed by atoms with van der Waals surface area (Å²) >= 11 is 0. The first-order chi connectivity index (χ1) is 13.3. The van der Waals surface area contributed by atoms with Gasteiger partial charge in [0.2, 0.25) is 0 Å². The minimum atomic E-state index is -1.30.